The average Bonchev–Trinajstić information content (AvgIpc) is 2.29. The molecule has 0 saturated carbocycles. The molecule has 0 aliphatic heterocycles. The molecule has 0 bridgehead atoms. The van der Waals surface area contributed by atoms with Crippen LogP contribution in [0.3, 0.4) is 0 Å². The summed E-state index contributed by atoms with van der Waals surface area (Å²) in [5.41, 5.74) is 2.39. The lowest BCUT2D eigenvalue weighted by Crippen LogP contribution is -2.31. The Morgan fingerprint density at radius 3 is 2.25 bits per heavy atom. The molecule has 0 radical (unpaired) electrons. The van der Waals surface area contributed by atoms with Crippen molar-refractivity contribution in [1.82, 2.24) is 0 Å². The molecular weight excluding hydrogens is 196 g/mol. The van der Waals surface area contributed by atoms with Gasteiger partial charge in [-0.05, 0) is 25.5 Å². The predicted octanol–water partition coefficient (Wildman–Crippen LogP) is 3.65. The van der Waals surface area contributed by atoms with Gasteiger partial charge in [0.1, 0.15) is 0 Å². The van der Waals surface area contributed by atoms with Crippen LogP contribution in [0.15, 0.2) is 24.3 Å². The Morgan fingerprint density at radius 2 is 1.62 bits per heavy atom. The Bertz CT molecular complexity index is 279. The second-order valence-corrected chi connectivity index (χ2v) is 4.44. The lowest BCUT2D eigenvalue weighted by Gasteiger charge is -2.18. The van der Waals surface area contributed by atoms with Gasteiger partial charge in [-0.2, -0.15) is 0 Å². The van der Waals surface area contributed by atoms with Crippen LogP contribution in [0.2, 0.25) is 0 Å². The predicted molar refractivity (Wildman–Crippen MR) is 71.5 cm³/mol. The zero-order valence-electron chi connectivity index (χ0n) is 10.6. The second kappa shape index (κ2) is 7.29. The number of nitrogens with zero attached hydrogens (tertiary/aromatic N) is 1. The van der Waals surface area contributed by atoms with Gasteiger partial charge in [0, 0.05) is 6.54 Å². The second-order valence-electron chi connectivity index (χ2n) is 4.44. The number of unbranched alkanes of at least 4 members (excludes halogenated alkanes) is 4. The van der Waals surface area contributed by atoms with E-state index in [0.717, 1.165) is 12.2 Å². The highest BCUT2D eigenvalue weighted by Gasteiger charge is 2.00. The minimum Gasteiger partial charge on any atom is -0.311 e. The van der Waals surface area contributed by atoms with E-state index in [1.807, 2.05) is 5.01 Å². The molecule has 1 aromatic rings. The van der Waals surface area contributed by atoms with Crippen LogP contribution in [-0.4, -0.2) is 6.54 Å². The minimum absolute atomic E-state index is 0.951. The summed E-state index contributed by atoms with van der Waals surface area (Å²) in [6.45, 7) is 5.28. The van der Waals surface area contributed by atoms with E-state index in [0.29, 0.717) is 0 Å². The number of nitrogens with two attached hydrogens (primary N) is 1. The molecule has 0 spiro atoms. The molecule has 1 aromatic carbocycles. The SMILES string of the molecule is CCCCCCCN(N)c1ccc(C)cc1. The fraction of sp³-hybridized carbons (Fsp3) is 0.571. The van der Waals surface area contributed by atoms with Crippen molar-refractivity contribution < 1.29 is 0 Å². The third-order valence-corrected chi connectivity index (χ3v) is 2.87. The summed E-state index contributed by atoms with van der Waals surface area (Å²) in [6, 6.07) is 8.38. The van der Waals surface area contributed by atoms with Crippen LogP contribution in [0, 0.1) is 6.92 Å². The summed E-state index contributed by atoms with van der Waals surface area (Å²) in [6.07, 6.45) is 6.44. The fourth-order valence-corrected chi connectivity index (χ4v) is 1.75. The van der Waals surface area contributed by atoms with Gasteiger partial charge in [-0.25, -0.2) is 5.84 Å². The monoisotopic (exact) mass is 220 g/mol. The van der Waals surface area contributed by atoms with Crippen molar-refractivity contribution in [2.24, 2.45) is 5.84 Å². The zero-order valence-corrected chi connectivity index (χ0v) is 10.6. The van der Waals surface area contributed by atoms with E-state index in [9.17, 15) is 0 Å². The third kappa shape index (κ3) is 4.67. The Labute approximate surface area is 99.4 Å². The first-order chi connectivity index (χ1) is 7.74. The lowest BCUT2D eigenvalue weighted by molar-refractivity contribution is 0.622. The molecule has 0 heterocycles. The van der Waals surface area contributed by atoms with Gasteiger partial charge in [0.05, 0.1) is 5.69 Å². The molecule has 0 aliphatic carbocycles. The maximum atomic E-state index is 5.99. The highest BCUT2D eigenvalue weighted by Crippen LogP contribution is 2.13. The van der Waals surface area contributed by atoms with Crippen molar-refractivity contribution in [1.29, 1.82) is 0 Å². The molecule has 0 unspecified atom stereocenters. The van der Waals surface area contributed by atoms with Gasteiger partial charge in [0.25, 0.3) is 0 Å². The van der Waals surface area contributed by atoms with Crippen molar-refractivity contribution in [3.05, 3.63) is 29.8 Å². The fourth-order valence-electron chi connectivity index (χ4n) is 1.75. The molecule has 0 atom stereocenters. The van der Waals surface area contributed by atoms with Crippen LogP contribution in [0.25, 0.3) is 0 Å². The first-order valence-corrected chi connectivity index (χ1v) is 6.33. The van der Waals surface area contributed by atoms with Crippen molar-refractivity contribution in [3.8, 4) is 0 Å². The minimum atomic E-state index is 0.951. The number of hydrazine groups is 1. The largest absolute Gasteiger partial charge is 0.311 e. The van der Waals surface area contributed by atoms with Gasteiger partial charge in [-0.3, -0.25) is 0 Å². The maximum absolute atomic E-state index is 5.99. The number of anilines is 1. The van der Waals surface area contributed by atoms with E-state index in [1.165, 1.54) is 37.7 Å². The molecule has 2 N–H and O–H groups in total. The van der Waals surface area contributed by atoms with E-state index in [-0.39, 0.29) is 0 Å². The number of hydrogen-bond acceptors (Lipinski definition) is 2. The Balaban J connectivity index is 2.24. The highest BCUT2D eigenvalue weighted by atomic mass is 15.4. The first kappa shape index (κ1) is 13.0. The van der Waals surface area contributed by atoms with E-state index in [1.54, 1.807) is 0 Å². The zero-order chi connectivity index (χ0) is 11.8. The van der Waals surface area contributed by atoms with Crippen molar-refractivity contribution in [2.75, 3.05) is 11.6 Å². The molecule has 0 saturated heterocycles. The molecule has 0 aliphatic rings. The summed E-state index contributed by atoms with van der Waals surface area (Å²) in [5, 5.41) is 1.85. The molecule has 1 rings (SSSR count). The Morgan fingerprint density at radius 1 is 1.00 bits per heavy atom. The van der Waals surface area contributed by atoms with E-state index >= 15 is 0 Å². The van der Waals surface area contributed by atoms with E-state index < -0.39 is 0 Å². The van der Waals surface area contributed by atoms with E-state index in [4.69, 9.17) is 5.84 Å². The first-order valence-electron chi connectivity index (χ1n) is 6.33. The van der Waals surface area contributed by atoms with Crippen LogP contribution in [0.1, 0.15) is 44.6 Å². The Kier molecular flexibility index (Phi) is 5.94. The van der Waals surface area contributed by atoms with Crippen molar-refractivity contribution in [2.45, 2.75) is 46.0 Å². The van der Waals surface area contributed by atoms with Gasteiger partial charge < -0.3 is 5.01 Å². The topological polar surface area (TPSA) is 29.3 Å². The summed E-state index contributed by atoms with van der Waals surface area (Å²) in [7, 11) is 0. The molecule has 0 amide bonds. The molecule has 2 nitrogen and oxygen atoms in total. The van der Waals surface area contributed by atoms with Crippen LogP contribution in [0.5, 0.6) is 0 Å². The Hall–Kier alpha value is -1.02. The van der Waals surface area contributed by atoms with Crippen LogP contribution in [0.4, 0.5) is 5.69 Å². The number of rotatable bonds is 7. The number of benzene rings is 1. The molecule has 0 fully saturated rings. The summed E-state index contributed by atoms with van der Waals surface area (Å²) >= 11 is 0. The molecule has 0 aromatic heterocycles. The van der Waals surface area contributed by atoms with Crippen LogP contribution >= 0.6 is 0 Å². The smallest absolute Gasteiger partial charge is 0.0517 e. The molecule has 2 heteroatoms. The van der Waals surface area contributed by atoms with Gasteiger partial charge in [0.15, 0.2) is 0 Å². The number of aryl methyl sites for hydroxylation is 1. The third-order valence-electron chi connectivity index (χ3n) is 2.87. The van der Waals surface area contributed by atoms with Gasteiger partial charge in [0.2, 0.25) is 0 Å². The standard InChI is InChI=1S/C14H24N2/c1-3-4-5-6-7-12-16(15)14-10-8-13(2)9-11-14/h8-11H,3-7,12,15H2,1-2H3. The molecule has 90 valence electrons. The van der Waals surface area contributed by atoms with Crippen LogP contribution in [-0.2, 0) is 0 Å². The van der Waals surface area contributed by atoms with Gasteiger partial charge >= 0.3 is 0 Å². The van der Waals surface area contributed by atoms with E-state index in [2.05, 4.69) is 38.1 Å². The quantitative estimate of drug-likeness (QED) is 0.432. The van der Waals surface area contributed by atoms with Crippen molar-refractivity contribution >= 4 is 5.69 Å². The lowest BCUT2D eigenvalue weighted by atomic mass is 10.1. The molecular formula is C14H24N2. The number of hydrogen-bond donors (Lipinski definition) is 1. The summed E-state index contributed by atoms with van der Waals surface area (Å²) in [5.74, 6) is 5.99. The highest BCUT2D eigenvalue weighted by molar-refractivity contribution is 5.45. The summed E-state index contributed by atoms with van der Waals surface area (Å²) in [4.78, 5) is 0. The summed E-state index contributed by atoms with van der Waals surface area (Å²) < 4.78 is 0. The van der Waals surface area contributed by atoms with Crippen molar-refractivity contribution in [3.63, 3.8) is 0 Å². The maximum Gasteiger partial charge on any atom is 0.0517 e. The van der Waals surface area contributed by atoms with Gasteiger partial charge in [-0.1, -0.05) is 50.3 Å². The average molecular weight is 220 g/mol. The normalized spacial score (nSPS) is 10.4. The van der Waals surface area contributed by atoms with Gasteiger partial charge in [-0.15, -0.1) is 0 Å². The molecule has 16 heavy (non-hydrogen) atoms. The van der Waals surface area contributed by atoms with Crippen LogP contribution < -0.4 is 10.9 Å².